The fourth-order valence-corrected chi connectivity index (χ4v) is 1.51. The molecule has 0 saturated heterocycles. The lowest BCUT2D eigenvalue weighted by atomic mass is 10.1. The van der Waals surface area contributed by atoms with E-state index in [4.69, 9.17) is 5.53 Å². The first-order valence-corrected chi connectivity index (χ1v) is 6.38. The van der Waals surface area contributed by atoms with Crippen LogP contribution in [0.15, 0.2) is 40.1 Å². The van der Waals surface area contributed by atoms with Gasteiger partial charge in [-0.1, -0.05) is 40.1 Å². The molecule has 0 aromatic carbocycles. The first-order chi connectivity index (χ1) is 8.56. The van der Waals surface area contributed by atoms with E-state index in [1.54, 1.807) is 0 Å². The summed E-state index contributed by atoms with van der Waals surface area (Å²) in [5, 5.41) is 3.37. The highest BCUT2D eigenvalue weighted by Gasteiger charge is 1.91. The molecule has 18 heavy (non-hydrogen) atoms. The fraction of sp³-hybridized carbons (Fsp3) is 0.533. The molecule has 0 rings (SSSR count). The molecule has 0 saturated carbocycles. The van der Waals surface area contributed by atoms with Crippen molar-refractivity contribution in [2.45, 2.75) is 53.4 Å². The molecule has 0 bridgehead atoms. The van der Waals surface area contributed by atoms with E-state index in [2.05, 4.69) is 49.9 Å². The summed E-state index contributed by atoms with van der Waals surface area (Å²) in [5.74, 6) is 0. The molecule has 0 heterocycles. The van der Waals surface area contributed by atoms with Gasteiger partial charge >= 0.3 is 0 Å². The average Bonchev–Trinajstić information content (AvgIpc) is 2.29. The molecule has 1 radical (unpaired) electrons. The lowest BCUT2D eigenvalue weighted by Crippen LogP contribution is -1.80. The lowest BCUT2D eigenvalue weighted by molar-refractivity contribution is 0.917. The highest BCUT2D eigenvalue weighted by Crippen LogP contribution is 2.11. The van der Waals surface area contributed by atoms with Crippen LogP contribution in [-0.2, 0) is 0 Å². The smallest absolute Gasteiger partial charge is 0.0677 e. The van der Waals surface area contributed by atoms with E-state index < -0.39 is 0 Å². The van der Waals surface area contributed by atoms with Crippen molar-refractivity contribution in [1.82, 2.24) is 0 Å². The van der Waals surface area contributed by atoms with Crippen LogP contribution in [0.5, 0.6) is 0 Å². The van der Waals surface area contributed by atoms with E-state index in [9.17, 15) is 0 Å². The quantitative estimate of drug-likeness (QED) is 0.222. The van der Waals surface area contributed by atoms with Crippen molar-refractivity contribution in [3.8, 4) is 0 Å². The minimum Gasteiger partial charge on any atom is -0.0858 e. The van der Waals surface area contributed by atoms with Crippen molar-refractivity contribution in [1.29, 1.82) is 0 Å². The van der Waals surface area contributed by atoms with Crippen molar-refractivity contribution in [2.75, 3.05) is 0 Å². The summed E-state index contributed by atoms with van der Waals surface area (Å²) in [5.41, 5.74) is 12.2. The first kappa shape index (κ1) is 16.5. The maximum absolute atomic E-state index is 8.13. The Morgan fingerprint density at radius 3 is 2.22 bits per heavy atom. The minimum atomic E-state index is 1.01. The van der Waals surface area contributed by atoms with Gasteiger partial charge in [0.15, 0.2) is 0 Å². The predicted molar refractivity (Wildman–Crippen MR) is 78.9 cm³/mol. The third-order valence-electron chi connectivity index (χ3n) is 2.60. The zero-order valence-corrected chi connectivity index (χ0v) is 12.0. The van der Waals surface area contributed by atoms with Crippen LogP contribution >= 0.6 is 0 Å². The van der Waals surface area contributed by atoms with Crippen LogP contribution in [0.3, 0.4) is 0 Å². The molecular formula is C15H24N3. The average molecular weight is 246 g/mol. The van der Waals surface area contributed by atoms with Gasteiger partial charge in [0.05, 0.1) is 6.54 Å². The summed E-state index contributed by atoms with van der Waals surface area (Å²) in [4.78, 5) is 2.67. The molecule has 0 amide bonds. The molecule has 0 aliphatic heterocycles. The molecule has 0 unspecified atom stereocenters. The van der Waals surface area contributed by atoms with E-state index in [1.165, 1.54) is 23.3 Å². The van der Waals surface area contributed by atoms with Crippen LogP contribution in [0.25, 0.3) is 10.4 Å². The SMILES string of the molecule is CC(C)=CCCC(C)=CCCC(C)=C[CH]N=[N+]=[N-]. The largest absolute Gasteiger partial charge is 0.0858 e. The maximum Gasteiger partial charge on any atom is 0.0677 e. The summed E-state index contributed by atoms with van der Waals surface area (Å²) in [7, 11) is 0. The van der Waals surface area contributed by atoms with Gasteiger partial charge in [-0.25, -0.2) is 0 Å². The van der Waals surface area contributed by atoms with Gasteiger partial charge < -0.3 is 0 Å². The highest BCUT2D eigenvalue weighted by molar-refractivity contribution is 5.08. The Bertz CT molecular complexity index is 365. The Kier molecular flexibility index (Phi) is 9.80. The number of azide groups is 1. The van der Waals surface area contributed by atoms with E-state index in [1.807, 2.05) is 6.08 Å². The first-order valence-electron chi connectivity index (χ1n) is 6.38. The number of hydrogen-bond acceptors (Lipinski definition) is 1. The van der Waals surface area contributed by atoms with Gasteiger partial charge in [0.25, 0.3) is 0 Å². The van der Waals surface area contributed by atoms with Crippen LogP contribution in [0.2, 0.25) is 0 Å². The molecule has 0 aromatic rings. The van der Waals surface area contributed by atoms with Crippen LogP contribution < -0.4 is 0 Å². The van der Waals surface area contributed by atoms with Crippen LogP contribution in [-0.4, -0.2) is 0 Å². The van der Waals surface area contributed by atoms with Crippen molar-refractivity contribution in [3.63, 3.8) is 0 Å². The third-order valence-corrected chi connectivity index (χ3v) is 2.60. The second kappa shape index (κ2) is 10.7. The van der Waals surface area contributed by atoms with Gasteiger partial charge in [-0.3, -0.25) is 0 Å². The van der Waals surface area contributed by atoms with Gasteiger partial charge in [0.2, 0.25) is 0 Å². The Morgan fingerprint density at radius 2 is 1.61 bits per heavy atom. The van der Waals surface area contributed by atoms with Gasteiger partial charge in [0, 0.05) is 4.91 Å². The monoisotopic (exact) mass is 246 g/mol. The number of rotatable bonds is 8. The molecule has 99 valence electrons. The topological polar surface area (TPSA) is 48.8 Å². The number of hydrogen-bond donors (Lipinski definition) is 0. The molecule has 0 spiro atoms. The van der Waals surface area contributed by atoms with Gasteiger partial charge in [-0.15, -0.1) is 0 Å². The molecule has 0 aliphatic rings. The second-order valence-corrected chi connectivity index (χ2v) is 4.78. The van der Waals surface area contributed by atoms with Gasteiger partial charge in [-0.05, 0) is 58.9 Å². The normalized spacial score (nSPS) is 12.0. The fourth-order valence-electron chi connectivity index (χ4n) is 1.51. The zero-order chi connectivity index (χ0) is 13.8. The summed E-state index contributed by atoms with van der Waals surface area (Å²) in [6.45, 7) is 10.0. The van der Waals surface area contributed by atoms with Gasteiger partial charge in [0.1, 0.15) is 0 Å². The second-order valence-electron chi connectivity index (χ2n) is 4.78. The maximum atomic E-state index is 8.13. The molecule has 3 heteroatoms. The minimum absolute atomic E-state index is 1.01. The summed E-state index contributed by atoms with van der Waals surface area (Å²) < 4.78 is 0. The molecule has 3 nitrogen and oxygen atoms in total. The van der Waals surface area contributed by atoms with E-state index in [0.717, 1.165) is 25.7 Å². The zero-order valence-electron chi connectivity index (χ0n) is 12.0. The molecule has 0 fully saturated rings. The van der Waals surface area contributed by atoms with Crippen molar-refractivity contribution in [2.24, 2.45) is 5.11 Å². The Labute approximate surface area is 111 Å². The van der Waals surface area contributed by atoms with Crippen LogP contribution in [0.1, 0.15) is 53.4 Å². The highest BCUT2D eigenvalue weighted by atomic mass is 15.1. The van der Waals surface area contributed by atoms with Crippen LogP contribution in [0.4, 0.5) is 0 Å². The molecule has 0 N–H and O–H groups in total. The standard InChI is InChI=1S/C15H24N3/c1-13(2)7-5-8-14(3)9-6-10-15(4)11-12-17-18-16/h7,9,11-12H,5-6,8,10H2,1-4H3. The summed E-state index contributed by atoms with van der Waals surface area (Å²) in [6, 6.07) is 0. The molecule has 0 atom stereocenters. The summed E-state index contributed by atoms with van der Waals surface area (Å²) >= 11 is 0. The van der Waals surface area contributed by atoms with E-state index >= 15 is 0 Å². The summed E-state index contributed by atoms with van der Waals surface area (Å²) in [6.07, 6.45) is 10.8. The Balaban J connectivity index is 3.89. The Hall–Kier alpha value is -1.47. The third kappa shape index (κ3) is 11.0. The van der Waals surface area contributed by atoms with E-state index in [-0.39, 0.29) is 0 Å². The number of nitrogens with zero attached hydrogens (tertiary/aromatic N) is 3. The van der Waals surface area contributed by atoms with Crippen LogP contribution in [0, 0.1) is 6.54 Å². The molecule has 0 aromatic heterocycles. The van der Waals surface area contributed by atoms with E-state index in [0.29, 0.717) is 0 Å². The van der Waals surface area contributed by atoms with Crippen molar-refractivity contribution in [3.05, 3.63) is 51.9 Å². The Morgan fingerprint density at radius 1 is 1.00 bits per heavy atom. The number of allylic oxidation sites excluding steroid dienone is 5. The van der Waals surface area contributed by atoms with Gasteiger partial charge in [-0.2, -0.15) is 0 Å². The predicted octanol–water partition coefficient (Wildman–Crippen LogP) is 5.88. The molecule has 0 aliphatic carbocycles. The van der Waals surface area contributed by atoms with Crippen molar-refractivity contribution < 1.29 is 0 Å². The molecular weight excluding hydrogens is 222 g/mol. The lowest BCUT2D eigenvalue weighted by Gasteiger charge is -2.00. The van der Waals surface area contributed by atoms with Crippen molar-refractivity contribution >= 4 is 0 Å².